The molecule has 0 amide bonds. The molecule has 6 heteroatoms. The summed E-state index contributed by atoms with van der Waals surface area (Å²) in [4.78, 5) is 0.235. The summed E-state index contributed by atoms with van der Waals surface area (Å²) in [5.74, 6) is 0.674. The van der Waals surface area contributed by atoms with Crippen molar-refractivity contribution < 1.29 is 13.2 Å². The van der Waals surface area contributed by atoms with Gasteiger partial charge in [-0.15, -0.1) is 0 Å². The smallest absolute Gasteiger partial charge is 0.261 e. The van der Waals surface area contributed by atoms with E-state index in [1.807, 2.05) is 37.3 Å². The Labute approximate surface area is 217 Å². The number of hydrogen-bond donors (Lipinski definition) is 1. The fraction of sp³-hybridized carbons (Fsp3) is 0.161. The van der Waals surface area contributed by atoms with Crippen LogP contribution in [-0.4, -0.2) is 13.0 Å². The van der Waals surface area contributed by atoms with Gasteiger partial charge in [0.05, 0.1) is 10.8 Å². The number of rotatable bonds is 5. The third kappa shape index (κ3) is 4.17. The van der Waals surface area contributed by atoms with Crippen LogP contribution in [-0.2, 0) is 17.1 Å². The number of anilines is 1. The lowest BCUT2D eigenvalue weighted by atomic mass is 9.85. The molecule has 0 saturated heterocycles. The predicted octanol–water partition coefficient (Wildman–Crippen LogP) is 6.86. The van der Waals surface area contributed by atoms with E-state index in [1.165, 1.54) is 5.56 Å². The third-order valence-electron chi connectivity index (χ3n) is 7.13. The first-order chi connectivity index (χ1) is 17.8. The first-order valence-corrected chi connectivity index (χ1v) is 13.8. The molecule has 0 saturated carbocycles. The normalized spacial score (nSPS) is 16.9. The van der Waals surface area contributed by atoms with E-state index >= 15 is 0 Å². The maximum atomic E-state index is 13.1. The largest absolute Gasteiger partial charge is 0.484 e. The second kappa shape index (κ2) is 8.82. The molecule has 1 aromatic heterocycles. The van der Waals surface area contributed by atoms with Crippen molar-refractivity contribution in [2.24, 2.45) is 7.05 Å². The van der Waals surface area contributed by atoms with Crippen LogP contribution in [0.5, 0.6) is 5.75 Å². The Hall–Kier alpha value is -4.03. The number of aromatic nitrogens is 1. The quantitative estimate of drug-likeness (QED) is 0.282. The van der Waals surface area contributed by atoms with Crippen LogP contribution in [0.3, 0.4) is 0 Å². The van der Waals surface area contributed by atoms with E-state index in [9.17, 15) is 8.42 Å². The molecule has 0 fully saturated rings. The molecule has 0 aliphatic carbocycles. The summed E-state index contributed by atoms with van der Waals surface area (Å²) >= 11 is 0. The van der Waals surface area contributed by atoms with E-state index in [4.69, 9.17) is 4.74 Å². The summed E-state index contributed by atoms with van der Waals surface area (Å²) in [6.07, 6.45) is 1.91. The lowest BCUT2D eigenvalue weighted by molar-refractivity contribution is 0.224. The van der Waals surface area contributed by atoms with Gasteiger partial charge in [-0.3, -0.25) is 4.72 Å². The molecule has 1 aliphatic rings. The summed E-state index contributed by atoms with van der Waals surface area (Å²) < 4.78 is 37.7. The average Bonchev–Trinajstić information content (AvgIpc) is 3.41. The molecule has 0 radical (unpaired) electrons. The van der Waals surface area contributed by atoms with Crippen LogP contribution in [0.2, 0.25) is 0 Å². The summed E-state index contributed by atoms with van der Waals surface area (Å²) in [6, 6.07) is 29.1. The van der Waals surface area contributed by atoms with Crippen molar-refractivity contribution in [3.8, 4) is 5.75 Å². The van der Waals surface area contributed by atoms with E-state index in [0.29, 0.717) is 5.69 Å². The van der Waals surface area contributed by atoms with Gasteiger partial charge in [0, 0.05) is 41.0 Å². The molecule has 0 bridgehead atoms. The number of ether oxygens (including phenoxy) is 1. The van der Waals surface area contributed by atoms with Crippen LogP contribution in [0.15, 0.2) is 102 Å². The molecule has 186 valence electrons. The SMILES string of the molecule is Cc1ccc(S(=O)(=O)Nc2ccc3c(c2)[C@H](c2ccccc2)[C@@H](c2cn(C)c4cc(C)ccc24)O3)cc1. The van der Waals surface area contributed by atoms with Crippen molar-refractivity contribution in [1.29, 1.82) is 0 Å². The van der Waals surface area contributed by atoms with Gasteiger partial charge in [-0.25, -0.2) is 8.42 Å². The van der Waals surface area contributed by atoms with Crippen molar-refractivity contribution in [2.75, 3.05) is 4.72 Å². The summed E-state index contributed by atoms with van der Waals surface area (Å²) in [5.41, 5.74) is 7.09. The van der Waals surface area contributed by atoms with Gasteiger partial charge < -0.3 is 9.30 Å². The predicted molar refractivity (Wildman–Crippen MR) is 148 cm³/mol. The minimum atomic E-state index is -3.72. The minimum absolute atomic E-state index is 0.0908. The van der Waals surface area contributed by atoms with E-state index in [-0.39, 0.29) is 16.9 Å². The van der Waals surface area contributed by atoms with Gasteiger partial charge in [-0.2, -0.15) is 0 Å². The van der Waals surface area contributed by atoms with E-state index < -0.39 is 10.0 Å². The van der Waals surface area contributed by atoms with Gasteiger partial charge in [0.15, 0.2) is 0 Å². The zero-order valence-electron chi connectivity index (χ0n) is 21.0. The highest BCUT2D eigenvalue weighted by Gasteiger charge is 2.38. The van der Waals surface area contributed by atoms with E-state index in [1.54, 1.807) is 30.3 Å². The highest BCUT2D eigenvalue weighted by Crippen LogP contribution is 2.51. The Bertz CT molecular complexity index is 1720. The Morgan fingerprint density at radius 2 is 1.54 bits per heavy atom. The molecule has 0 unspecified atom stereocenters. The van der Waals surface area contributed by atoms with Crippen LogP contribution in [0.4, 0.5) is 5.69 Å². The molecule has 6 rings (SSSR count). The zero-order valence-corrected chi connectivity index (χ0v) is 21.8. The lowest BCUT2D eigenvalue weighted by Crippen LogP contribution is -2.13. The Balaban J connectivity index is 1.43. The number of nitrogens with one attached hydrogen (secondary N) is 1. The van der Waals surface area contributed by atoms with Gasteiger partial charge >= 0.3 is 0 Å². The standard InChI is InChI=1S/C31H28N2O3S/c1-20-9-13-24(14-10-20)37(34,35)32-23-12-16-29-26(18-23)30(22-7-5-4-6-8-22)31(36-29)27-19-33(3)28-17-21(2)11-15-25(27)28/h4-19,30-32H,1-3H3/t30-,31+/m0/s1. The summed E-state index contributed by atoms with van der Waals surface area (Å²) in [7, 11) is -1.66. The van der Waals surface area contributed by atoms with Gasteiger partial charge in [0.1, 0.15) is 11.9 Å². The minimum Gasteiger partial charge on any atom is -0.484 e. The molecular formula is C31H28N2O3S. The van der Waals surface area contributed by atoms with Crippen molar-refractivity contribution in [3.63, 3.8) is 0 Å². The number of sulfonamides is 1. The average molecular weight is 509 g/mol. The molecule has 1 aliphatic heterocycles. The van der Waals surface area contributed by atoms with Gasteiger partial charge in [-0.1, -0.05) is 60.2 Å². The topological polar surface area (TPSA) is 60.3 Å². The number of nitrogens with zero attached hydrogens (tertiary/aromatic N) is 1. The van der Waals surface area contributed by atoms with Gasteiger partial charge in [0.2, 0.25) is 0 Å². The molecule has 2 heterocycles. The monoisotopic (exact) mass is 508 g/mol. The Morgan fingerprint density at radius 3 is 2.30 bits per heavy atom. The lowest BCUT2D eigenvalue weighted by Gasteiger charge is -2.20. The summed E-state index contributed by atoms with van der Waals surface area (Å²) in [6.45, 7) is 4.03. The maximum Gasteiger partial charge on any atom is 0.261 e. The van der Waals surface area contributed by atoms with Crippen LogP contribution >= 0.6 is 0 Å². The number of aryl methyl sites for hydroxylation is 3. The number of benzene rings is 4. The van der Waals surface area contributed by atoms with Crippen molar-refractivity contribution >= 4 is 26.6 Å². The first kappa shape index (κ1) is 23.4. The highest BCUT2D eigenvalue weighted by molar-refractivity contribution is 7.92. The molecular weight excluding hydrogens is 480 g/mol. The van der Waals surface area contributed by atoms with Gasteiger partial charge in [0.25, 0.3) is 10.0 Å². The van der Waals surface area contributed by atoms with Crippen LogP contribution < -0.4 is 9.46 Å². The van der Waals surface area contributed by atoms with Crippen molar-refractivity contribution in [2.45, 2.75) is 30.8 Å². The maximum absolute atomic E-state index is 13.1. The zero-order chi connectivity index (χ0) is 25.7. The molecule has 4 aromatic carbocycles. The molecule has 0 spiro atoms. The van der Waals surface area contributed by atoms with E-state index in [0.717, 1.165) is 38.9 Å². The second-order valence-electron chi connectivity index (χ2n) is 9.81. The van der Waals surface area contributed by atoms with Gasteiger partial charge in [-0.05, 0) is 61.4 Å². The molecule has 1 N–H and O–H groups in total. The van der Waals surface area contributed by atoms with E-state index in [2.05, 4.69) is 59.8 Å². The fourth-order valence-corrected chi connectivity index (χ4v) is 6.32. The first-order valence-electron chi connectivity index (χ1n) is 12.3. The third-order valence-corrected chi connectivity index (χ3v) is 8.52. The van der Waals surface area contributed by atoms with Crippen LogP contribution in [0, 0.1) is 13.8 Å². The van der Waals surface area contributed by atoms with Crippen LogP contribution in [0.25, 0.3) is 10.9 Å². The fourth-order valence-electron chi connectivity index (χ4n) is 5.27. The highest BCUT2D eigenvalue weighted by atomic mass is 32.2. The molecule has 37 heavy (non-hydrogen) atoms. The van der Waals surface area contributed by atoms with Crippen LogP contribution in [0.1, 0.15) is 39.8 Å². The number of hydrogen-bond acceptors (Lipinski definition) is 3. The van der Waals surface area contributed by atoms with Crippen molar-refractivity contribution in [1.82, 2.24) is 4.57 Å². The molecule has 5 aromatic rings. The Kier molecular flexibility index (Phi) is 5.57. The second-order valence-corrected chi connectivity index (χ2v) is 11.5. The molecule has 5 nitrogen and oxygen atoms in total. The Morgan fingerprint density at radius 1 is 0.811 bits per heavy atom. The molecule has 2 atom stereocenters. The summed E-state index contributed by atoms with van der Waals surface area (Å²) in [5, 5.41) is 1.16. The van der Waals surface area contributed by atoms with Crippen molar-refractivity contribution in [3.05, 3.63) is 125 Å². The number of fused-ring (bicyclic) bond motifs is 2.